The highest BCUT2D eigenvalue weighted by atomic mass is 35.5. The van der Waals surface area contributed by atoms with Crippen LogP contribution in [0.1, 0.15) is 45.4 Å². The summed E-state index contributed by atoms with van der Waals surface area (Å²) in [4.78, 5) is 14.6. The zero-order chi connectivity index (χ0) is 12.3. The summed E-state index contributed by atoms with van der Waals surface area (Å²) in [6.07, 6.45) is 6.34. The van der Waals surface area contributed by atoms with Crippen LogP contribution in [0, 0.1) is 0 Å². The molecule has 2 saturated heterocycles. The van der Waals surface area contributed by atoms with Crippen molar-refractivity contribution in [3.05, 3.63) is 0 Å². The SMILES string of the molecule is CC1(C(=O)N2CCCCCC2CCl)CCCO1. The highest BCUT2D eigenvalue weighted by molar-refractivity contribution is 6.18. The normalized spacial score (nSPS) is 34.7. The maximum atomic E-state index is 12.6. The van der Waals surface area contributed by atoms with Gasteiger partial charge in [0.1, 0.15) is 5.60 Å². The summed E-state index contributed by atoms with van der Waals surface area (Å²) in [7, 11) is 0. The van der Waals surface area contributed by atoms with Gasteiger partial charge < -0.3 is 9.64 Å². The van der Waals surface area contributed by atoms with Crippen LogP contribution in [0.3, 0.4) is 0 Å². The first kappa shape index (κ1) is 13.2. The molecule has 0 aromatic carbocycles. The number of hydrogen-bond acceptors (Lipinski definition) is 2. The van der Waals surface area contributed by atoms with E-state index in [0.717, 1.165) is 32.2 Å². The van der Waals surface area contributed by atoms with E-state index < -0.39 is 5.60 Å². The van der Waals surface area contributed by atoms with Crippen molar-refractivity contribution in [3.8, 4) is 0 Å². The number of nitrogens with zero attached hydrogens (tertiary/aromatic N) is 1. The molecule has 0 bridgehead atoms. The fourth-order valence-corrected chi connectivity index (χ4v) is 3.18. The number of hydrogen-bond donors (Lipinski definition) is 0. The molecule has 0 aliphatic carbocycles. The van der Waals surface area contributed by atoms with E-state index in [4.69, 9.17) is 16.3 Å². The lowest BCUT2D eigenvalue weighted by Crippen LogP contribution is -2.51. The monoisotopic (exact) mass is 259 g/mol. The number of carbonyl (C=O) groups excluding carboxylic acids is 1. The molecule has 2 fully saturated rings. The van der Waals surface area contributed by atoms with Gasteiger partial charge in [-0.3, -0.25) is 4.79 Å². The molecule has 0 radical (unpaired) electrons. The lowest BCUT2D eigenvalue weighted by atomic mass is 9.99. The third-order valence-corrected chi connectivity index (χ3v) is 4.34. The molecule has 1 amide bonds. The van der Waals surface area contributed by atoms with Crippen molar-refractivity contribution in [3.63, 3.8) is 0 Å². The smallest absolute Gasteiger partial charge is 0.254 e. The number of ether oxygens (including phenoxy) is 1. The molecule has 2 unspecified atom stereocenters. The van der Waals surface area contributed by atoms with Crippen LogP contribution in [0.25, 0.3) is 0 Å². The largest absolute Gasteiger partial charge is 0.365 e. The van der Waals surface area contributed by atoms with E-state index in [1.807, 2.05) is 11.8 Å². The van der Waals surface area contributed by atoms with Gasteiger partial charge >= 0.3 is 0 Å². The molecule has 2 aliphatic rings. The molecule has 3 nitrogen and oxygen atoms in total. The average Bonchev–Trinajstić information content (AvgIpc) is 2.65. The first-order valence-electron chi connectivity index (χ1n) is 6.68. The van der Waals surface area contributed by atoms with Crippen molar-refractivity contribution in [2.24, 2.45) is 0 Å². The molecule has 98 valence electrons. The van der Waals surface area contributed by atoms with Crippen LogP contribution in [-0.2, 0) is 9.53 Å². The molecule has 0 N–H and O–H groups in total. The van der Waals surface area contributed by atoms with Crippen molar-refractivity contribution in [2.75, 3.05) is 19.0 Å². The number of alkyl halides is 1. The van der Waals surface area contributed by atoms with Crippen LogP contribution in [0.15, 0.2) is 0 Å². The van der Waals surface area contributed by atoms with Gasteiger partial charge in [-0.25, -0.2) is 0 Å². The number of carbonyl (C=O) groups is 1. The quantitative estimate of drug-likeness (QED) is 0.714. The third-order valence-electron chi connectivity index (χ3n) is 3.99. The van der Waals surface area contributed by atoms with Crippen molar-refractivity contribution in [1.29, 1.82) is 0 Å². The first-order valence-corrected chi connectivity index (χ1v) is 7.22. The van der Waals surface area contributed by atoms with Crippen LogP contribution in [-0.4, -0.2) is 41.5 Å². The van der Waals surface area contributed by atoms with Gasteiger partial charge in [0.2, 0.25) is 0 Å². The maximum absolute atomic E-state index is 12.6. The summed E-state index contributed by atoms with van der Waals surface area (Å²) < 4.78 is 5.65. The van der Waals surface area contributed by atoms with Gasteiger partial charge in [0.05, 0.1) is 0 Å². The number of halogens is 1. The van der Waals surface area contributed by atoms with Crippen LogP contribution in [0.4, 0.5) is 0 Å². The van der Waals surface area contributed by atoms with Crippen LogP contribution in [0.2, 0.25) is 0 Å². The minimum atomic E-state index is -0.589. The fourth-order valence-electron chi connectivity index (χ4n) is 2.86. The molecule has 2 rings (SSSR count). The third kappa shape index (κ3) is 2.76. The Kier molecular flexibility index (Phi) is 4.31. The summed E-state index contributed by atoms with van der Waals surface area (Å²) in [5.74, 6) is 0.699. The van der Waals surface area contributed by atoms with E-state index in [0.29, 0.717) is 12.5 Å². The molecule has 0 aromatic heterocycles. The van der Waals surface area contributed by atoms with E-state index in [9.17, 15) is 4.79 Å². The number of amides is 1. The summed E-state index contributed by atoms with van der Waals surface area (Å²) in [5.41, 5.74) is -0.589. The summed E-state index contributed by atoms with van der Waals surface area (Å²) in [6.45, 7) is 3.48. The number of likely N-dealkylation sites (tertiary alicyclic amines) is 1. The topological polar surface area (TPSA) is 29.5 Å². The van der Waals surface area contributed by atoms with Crippen molar-refractivity contribution in [1.82, 2.24) is 4.90 Å². The number of rotatable bonds is 2. The van der Waals surface area contributed by atoms with E-state index in [-0.39, 0.29) is 11.9 Å². The van der Waals surface area contributed by atoms with Gasteiger partial charge in [0.15, 0.2) is 0 Å². The van der Waals surface area contributed by atoms with Crippen molar-refractivity contribution >= 4 is 17.5 Å². The molecule has 2 atom stereocenters. The van der Waals surface area contributed by atoms with Crippen LogP contribution < -0.4 is 0 Å². The molecular weight excluding hydrogens is 238 g/mol. The van der Waals surface area contributed by atoms with Gasteiger partial charge in [0.25, 0.3) is 5.91 Å². The minimum absolute atomic E-state index is 0.155. The zero-order valence-electron chi connectivity index (χ0n) is 10.6. The fraction of sp³-hybridized carbons (Fsp3) is 0.923. The van der Waals surface area contributed by atoms with Gasteiger partial charge in [-0.1, -0.05) is 12.8 Å². The Bertz CT molecular complexity index is 277. The Morgan fingerprint density at radius 3 is 2.88 bits per heavy atom. The predicted molar refractivity (Wildman–Crippen MR) is 68.3 cm³/mol. The van der Waals surface area contributed by atoms with E-state index in [2.05, 4.69) is 0 Å². The predicted octanol–water partition coefficient (Wildman–Crippen LogP) is 2.57. The molecule has 2 aliphatic heterocycles. The standard InChI is InChI=1S/C13H22ClNO2/c1-13(7-5-9-17-13)12(16)15-8-4-2-3-6-11(15)10-14/h11H,2-10H2,1H3. The highest BCUT2D eigenvalue weighted by Gasteiger charge is 2.42. The first-order chi connectivity index (χ1) is 8.17. The van der Waals surface area contributed by atoms with Crippen LogP contribution >= 0.6 is 11.6 Å². The van der Waals surface area contributed by atoms with Crippen molar-refractivity contribution < 1.29 is 9.53 Å². The second-order valence-corrected chi connectivity index (χ2v) is 5.65. The lowest BCUT2D eigenvalue weighted by molar-refractivity contribution is -0.153. The van der Waals surface area contributed by atoms with E-state index >= 15 is 0 Å². The maximum Gasteiger partial charge on any atom is 0.254 e. The second-order valence-electron chi connectivity index (χ2n) is 5.34. The second kappa shape index (κ2) is 5.57. The molecule has 17 heavy (non-hydrogen) atoms. The zero-order valence-corrected chi connectivity index (χ0v) is 11.3. The Hall–Kier alpha value is -0.280. The highest BCUT2D eigenvalue weighted by Crippen LogP contribution is 2.30. The molecular formula is C13H22ClNO2. The molecule has 0 aromatic rings. The molecule has 0 spiro atoms. The summed E-state index contributed by atoms with van der Waals surface area (Å²) >= 11 is 6.01. The van der Waals surface area contributed by atoms with E-state index in [1.54, 1.807) is 0 Å². The van der Waals surface area contributed by atoms with E-state index in [1.165, 1.54) is 12.8 Å². The Morgan fingerprint density at radius 2 is 2.24 bits per heavy atom. The Labute approximate surface area is 108 Å². The minimum Gasteiger partial charge on any atom is -0.365 e. The molecule has 4 heteroatoms. The van der Waals surface area contributed by atoms with Gasteiger partial charge in [-0.05, 0) is 32.6 Å². The van der Waals surface area contributed by atoms with Crippen molar-refractivity contribution in [2.45, 2.75) is 57.1 Å². The van der Waals surface area contributed by atoms with Gasteiger partial charge in [-0.15, -0.1) is 11.6 Å². The molecule has 0 saturated carbocycles. The lowest BCUT2D eigenvalue weighted by Gasteiger charge is -2.35. The Balaban J connectivity index is 2.09. The van der Waals surface area contributed by atoms with Crippen LogP contribution in [0.5, 0.6) is 0 Å². The van der Waals surface area contributed by atoms with Gasteiger partial charge in [0, 0.05) is 25.1 Å². The summed E-state index contributed by atoms with van der Waals surface area (Å²) in [5, 5.41) is 0. The molecule has 2 heterocycles. The Morgan fingerprint density at radius 1 is 1.41 bits per heavy atom. The van der Waals surface area contributed by atoms with Gasteiger partial charge in [-0.2, -0.15) is 0 Å². The average molecular weight is 260 g/mol. The summed E-state index contributed by atoms with van der Waals surface area (Å²) in [6, 6.07) is 0.202.